The molecule has 200 valence electrons. The minimum atomic E-state index is -0.139. The van der Waals surface area contributed by atoms with Crippen LogP contribution in [0.3, 0.4) is 0 Å². The van der Waals surface area contributed by atoms with Crippen LogP contribution in [0.5, 0.6) is 0 Å². The van der Waals surface area contributed by atoms with Crippen LogP contribution in [0.4, 0.5) is 11.5 Å². The molecule has 2 heterocycles. The van der Waals surface area contributed by atoms with Gasteiger partial charge in [-0.05, 0) is 56.8 Å². The highest BCUT2D eigenvalue weighted by atomic mass is 35.5. The van der Waals surface area contributed by atoms with Gasteiger partial charge in [0.05, 0.1) is 6.10 Å². The zero-order valence-corrected chi connectivity index (χ0v) is 22.7. The van der Waals surface area contributed by atoms with E-state index in [-0.39, 0.29) is 23.5 Å². The number of aromatic nitrogens is 2. The summed E-state index contributed by atoms with van der Waals surface area (Å²) in [5.41, 5.74) is 12.0. The molecular weight excluding hydrogens is 502 g/mol. The first kappa shape index (κ1) is 26.3. The second-order valence-electron chi connectivity index (χ2n) is 10.2. The van der Waals surface area contributed by atoms with Crippen molar-refractivity contribution in [1.29, 1.82) is 0 Å². The smallest absolute Gasteiger partial charge is 0.254 e. The van der Waals surface area contributed by atoms with Crippen molar-refractivity contribution in [1.82, 2.24) is 14.7 Å². The maximum absolute atomic E-state index is 13.3. The third-order valence-corrected chi connectivity index (χ3v) is 7.86. The number of hydrogen-bond acceptors (Lipinski definition) is 6. The molecule has 1 amide bonds. The topological polar surface area (TPSA) is 102 Å². The van der Waals surface area contributed by atoms with Crippen molar-refractivity contribution in [2.45, 2.75) is 51.6 Å². The van der Waals surface area contributed by atoms with Crippen LogP contribution in [0.1, 0.15) is 55.9 Å². The molecule has 0 bridgehead atoms. The highest BCUT2D eigenvalue weighted by molar-refractivity contribution is 6.29. The predicted molar refractivity (Wildman–Crippen MR) is 151 cm³/mol. The lowest BCUT2D eigenvalue weighted by Crippen LogP contribution is -2.29. The van der Waals surface area contributed by atoms with E-state index in [1.165, 1.54) is 5.57 Å². The Labute approximate surface area is 228 Å². The summed E-state index contributed by atoms with van der Waals surface area (Å²) >= 11 is 6.18. The van der Waals surface area contributed by atoms with Crippen LogP contribution in [0.2, 0.25) is 0 Å². The molecule has 1 aromatic heterocycles. The van der Waals surface area contributed by atoms with Gasteiger partial charge < -0.3 is 20.7 Å². The van der Waals surface area contributed by atoms with Crippen molar-refractivity contribution in [3.63, 3.8) is 0 Å². The molecule has 3 aliphatic carbocycles. The normalized spacial score (nSPS) is 21.2. The SMILES string of the molecule is COC1C=CC2=C(C1)CN(CCCNc1c(N)c(C(=O)C3=CC=C(C)CC3)nn1C1=CC=C(Cl)CC1)C2=O. The van der Waals surface area contributed by atoms with Crippen molar-refractivity contribution < 1.29 is 14.3 Å². The van der Waals surface area contributed by atoms with E-state index in [0.29, 0.717) is 56.0 Å². The molecule has 5 rings (SSSR count). The van der Waals surface area contributed by atoms with Crippen LogP contribution in [0, 0.1) is 0 Å². The number of nitrogens with zero attached hydrogens (tertiary/aromatic N) is 3. The van der Waals surface area contributed by atoms with Gasteiger partial charge >= 0.3 is 0 Å². The van der Waals surface area contributed by atoms with Crippen molar-refractivity contribution in [3.8, 4) is 0 Å². The molecule has 1 aromatic rings. The number of nitrogens with two attached hydrogens (primary N) is 1. The second kappa shape index (κ2) is 11.2. The Morgan fingerprint density at radius 2 is 2.05 bits per heavy atom. The molecule has 0 radical (unpaired) electrons. The van der Waals surface area contributed by atoms with Crippen LogP contribution < -0.4 is 11.1 Å². The van der Waals surface area contributed by atoms with Crippen molar-refractivity contribution in [2.75, 3.05) is 37.8 Å². The molecule has 0 saturated heterocycles. The van der Waals surface area contributed by atoms with Crippen LogP contribution >= 0.6 is 11.6 Å². The van der Waals surface area contributed by atoms with Gasteiger partial charge in [-0.25, -0.2) is 4.68 Å². The summed E-state index contributed by atoms with van der Waals surface area (Å²) in [4.78, 5) is 28.1. The number of Topliss-reactive ketones (excluding diaryl/α,β-unsaturated/α-hetero) is 1. The van der Waals surface area contributed by atoms with E-state index >= 15 is 0 Å². The lowest BCUT2D eigenvalue weighted by atomic mass is 9.95. The number of methoxy groups -OCH3 is 1. The average molecular weight is 536 g/mol. The summed E-state index contributed by atoms with van der Waals surface area (Å²) < 4.78 is 7.17. The maximum Gasteiger partial charge on any atom is 0.254 e. The predicted octanol–water partition coefficient (Wildman–Crippen LogP) is 4.99. The standard InChI is InChI=1S/C29H34ClN5O3/c1-18-4-6-19(7-5-18)27(36)26-25(31)28(35(33-26)22-10-8-21(30)9-11-22)32-14-3-15-34-17-20-16-23(38-2)12-13-24(20)29(34)37/h4,6,8,10,12-13,23,32H,3,5,7,9,11,14-17,31H2,1-2H3. The van der Waals surface area contributed by atoms with Gasteiger partial charge in [-0.1, -0.05) is 41.5 Å². The quantitative estimate of drug-likeness (QED) is 0.341. The molecule has 0 aromatic carbocycles. The van der Waals surface area contributed by atoms with Crippen molar-refractivity contribution in [3.05, 3.63) is 69.5 Å². The van der Waals surface area contributed by atoms with Gasteiger partial charge in [0.2, 0.25) is 5.78 Å². The molecular formula is C29H34ClN5O3. The Kier molecular flexibility index (Phi) is 7.72. The Bertz CT molecular complexity index is 1340. The molecule has 1 unspecified atom stereocenters. The Hall–Kier alpha value is -3.36. The van der Waals surface area contributed by atoms with E-state index in [1.807, 2.05) is 41.4 Å². The van der Waals surface area contributed by atoms with Gasteiger partial charge in [-0.15, -0.1) is 0 Å². The van der Waals surface area contributed by atoms with Gasteiger partial charge in [0, 0.05) is 55.0 Å². The van der Waals surface area contributed by atoms with Crippen LogP contribution in [-0.2, 0) is 9.53 Å². The highest BCUT2D eigenvalue weighted by Crippen LogP contribution is 2.34. The molecule has 0 fully saturated rings. The van der Waals surface area contributed by atoms with Gasteiger partial charge in [0.1, 0.15) is 5.69 Å². The number of halogens is 1. The van der Waals surface area contributed by atoms with E-state index in [9.17, 15) is 9.59 Å². The van der Waals surface area contributed by atoms with Crippen LogP contribution in [0.15, 0.2) is 63.8 Å². The fraction of sp³-hybridized carbons (Fsp3) is 0.414. The van der Waals surface area contributed by atoms with Gasteiger partial charge in [-0.3, -0.25) is 9.59 Å². The number of ketones is 1. The number of carbonyl (C=O) groups excluding carboxylic acids is 2. The van der Waals surface area contributed by atoms with E-state index in [1.54, 1.807) is 11.8 Å². The van der Waals surface area contributed by atoms with E-state index < -0.39 is 0 Å². The summed E-state index contributed by atoms with van der Waals surface area (Å²) in [6.45, 7) is 3.89. The summed E-state index contributed by atoms with van der Waals surface area (Å²) in [5, 5.41) is 8.86. The monoisotopic (exact) mass is 535 g/mol. The molecule has 0 spiro atoms. The van der Waals surface area contributed by atoms with Gasteiger partial charge in [-0.2, -0.15) is 5.10 Å². The molecule has 38 heavy (non-hydrogen) atoms. The number of amides is 1. The number of nitrogens with one attached hydrogen (secondary N) is 1. The molecule has 0 saturated carbocycles. The van der Waals surface area contributed by atoms with Gasteiger partial charge in [0.15, 0.2) is 11.5 Å². The first-order valence-electron chi connectivity index (χ1n) is 13.2. The highest BCUT2D eigenvalue weighted by Gasteiger charge is 2.32. The summed E-state index contributed by atoms with van der Waals surface area (Å²) in [5.74, 6) is 0.536. The molecule has 4 aliphatic rings. The summed E-state index contributed by atoms with van der Waals surface area (Å²) in [6, 6.07) is 0. The van der Waals surface area contributed by atoms with Crippen molar-refractivity contribution >= 4 is 40.5 Å². The number of rotatable bonds is 9. The molecule has 3 N–H and O–H groups in total. The van der Waals surface area contributed by atoms with E-state index in [2.05, 4.69) is 17.3 Å². The molecule has 8 nitrogen and oxygen atoms in total. The summed E-state index contributed by atoms with van der Waals surface area (Å²) in [6.07, 6.45) is 15.9. The molecule has 9 heteroatoms. The first-order valence-corrected chi connectivity index (χ1v) is 13.5. The number of carbonyl (C=O) groups is 2. The minimum absolute atomic E-state index is 0.0339. The van der Waals surface area contributed by atoms with Crippen LogP contribution in [0.25, 0.3) is 5.70 Å². The van der Waals surface area contributed by atoms with Crippen molar-refractivity contribution in [2.24, 2.45) is 0 Å². The molecule has 1 atom stereocenters. The number of hydrogen-bond donors (Lipinski definition) is 2. The van der Waals surface area contributed by atoms with Gasteiger partial charge in [0.25, 0.3) is 5.91 Å². The fourth-order valence-electron chi connectivity index (χ4n) is 5.24. The lowest BCUT2D eigenvalue weighted by molar-refractivity contribution is -0.125. The Balaban J connectivity index is 1.29. The zero-order valence-electron chi connectivity index (χ0n) is 21.9. The number of anilines is 2. The van der Waals surface area contributed by atoms with Crippen LogP contribution in [-0.4, -0.2) is 59.2 Å². The summed E-state index contributed by atoms with van der Waals surface area (Å²) in [7, 11) is 1.69. The fourth-order valence-corrected chi connectivity index (χ4v) is 5.40. The largest absolute Gasteiger partial charge is 0.394 e. The zero-order chi connectivity index (χ0) is 26.8. The third-order valence-electron chi connectivity index (χ3n) is 7.54. The lowest BCUT2D eigenvalue weighted by Gasteiger charge is -2.18. The number of ether oxygens (including phenoxy) is 1. The Morgan fingerprint density at radius 3 is 2.76 bits per heavy atom. The minimum Gasteiger partial charge on any atom is -0.394 e. The van der Waals surface area contributed by atoms with E-state index in [4.69, 9.17) is 22.1 Å². The third kappa shape index (κ3) is 5.28. The Morgan fingerprint density at radius 1 is 1.21 bits per heavy atom. The number of allylic oxidation sites excluding steroid dienone is 8. The second-order valence-corrected chi connectivity index (χ2v) is 10.7. The number of nitrogen functional groups attached to an aromatic ring is 1. The maximum atomic E-state index is 13.3. The van der Waals surface area contributed by atoms with E-state index in [0.717, 1.165) is 41.1 Å². The molecule has 1 aliphatic heterocycles. The average Bonchev–Trinajstić information content (AvgIpc) is 3.42. The first-order chi connectivity index (χ1) is 18.4.